The van der Waals surface area contributed by atoms with Crippen molar-refractivity contribution in [2.45, 2.75) is 33.6 Å². The molecule has 0 unspecified atom stereocenters. The maximum atomic E-state index is 13.3. The molecule has 0 radical (unpaired) electrons. The number of amides is 2. The number of nitrogens with one attached hydrogen (secondary N) is 1. The zero-order chi connectivity index (χ0) is 22.4. The minimum absolute atomic E-state index is 0.283. The highest BCUT2D eigenvalue weighted by Gasteiger charge is 2.39. The lowest BCUT2D eigenvalue weighted by Gasteiger charge is -2.15. The van der Waals surface area contributed by atoms with Gasteiger partial charge >= 0.3 is 0 Å². The number of imide groups is 1. The first-order chi connectivity index (χ1) is 15.0. The minimum Gasteiger partial charge on any atom is -0.494 e. The third-order valence-electron chi connectivity index (χ3n) is 5.13. The number of hydrogen-bond donors (Lipinski definition) is 1. The number of benzene rings is 2. The Morgan fingerprint density at radius 2 is 1.81 bits per heavy atom. The Hall–Kier alpha value is -3.12. The van der Waals surface area contributed by atoms with E-state index in [1.807, 2.05) is 63.2 Å². The van der Waals surface area contributed by atoms with Gasteiger partial charge in [0.25, 0.3) is 11.8 Å². The van der Waals surface area contributed by atoms with Crippen molar-refractivity contribution in [2.24, 2.45) is 0 Å². The number of ether oxygens (including phenoxy) is 2. The SMILES string of the molecule is CCCOc1cccc(NC2=C(c3ccc(C)cc3C)C(=O)N(CCCOC)C2=O)c1. The van der Waals surface area contributed by atoms with Crippen LogP contribution in [0.1, 0.15) is 36.5 Å². The van der Waals surface area contributed by atoms with Crippen LogP contribution < -0.4 is 10.1 Å². The monoisotopic (exact) mass is 422 g/mol. The average molecular weight is 423 g/mol. The summed E-state index contributed by atoms with van der Waals surface area (Å²) in [7, 11) is 1.60. The number of nitrogens with zero attached hydrogens (tertiary/aromatic N) is 1. The fourth-order valence-corrected chi connectivity index (χ4v) is 3.63. The largest absolute Gasteiger partial charge is 0.494 e. The summed E-state index contributed by atoms with van der Waals surface area (Å²) in [6.45, 7) is 7.41. The summed E-state index contributed by atoms with van der Waals surface area (Å²) in [4.78, 5) is 27.8. The van der Waals surface area contributed by atoms with E-state index in [1.54, 1.807) is 7.11 Å². The van der Waals surface area contributed by atoms with Crippen molar-refractivity contribution in [3.05, 3.63) is 64.9 Å². The Kier molecular flexibility index (Phi) is 7.47. The first-order valence-electron chi connectivity index (χ1n) is 10.6. The molecule has 1 aliphatic heterocycles. The highest BCUT2D eigenvalue weighted by Crippen LogP contribution is 2.33. The first kappa shape index (κ1) is 22.6. The molecule has 1 N–H and O–H groups in total. The second-order valence-electron chi connectivity index (χ2n) is 7.68. The summed E-state index contributed by atoms with van der Waals surface area (Å²) >= 11 is 0. The van der Waals surface area contributed by atoms with Crippen LogP contribution in [0, 0.1) is 13.8 Å². The van der Waals surface area contributed by atoms with Crippen molar-refractivity contribution in [3.63, 3.8) is 0 Å². The van der Waals surface area contributed by atoms with Crippen molar-refractivity contribution in [1.82, 2.24) is 4.90 Å². The van der Waals surface area contributed by atoms with E-state index in [2.05, 4.69) is 5.32 Å². The predicted molar refractivity (Wildman–Crippen MR) is 122 cm³/mol. The van der Waals surface area contributed by atoms with Gasteiger partial charge in [0.1, 0.15) is 11.4 Å². The Morgan fingerprint density at radius 1 is 1.00 bits per heavy atom. The van der Waals surface area contributed by atoms with Gasteiger partial charge in [-0.1, -0.05) is 36.8 Å². The van der Waals surface area contributed by atoms with Crippen LogP contribution in [-0.4, -0.2) is 43.6 Å². The standard InChI is InChI=1S/C25H30N2O4/c1-5-13-31-20-9-6-8-19(16-20)26-23-22(21-11-10-17(2)15-18(21)3)24(28)27(25(23)29)12-7-14-30-4/h6,8-11,15-16,26H,5,7,12-14H2,1-4H3. The van der Waals surface area contributed by atoms with Crippen LogP contribution in [0.2, 0.25) is 0 Å². The zero-order valence-electron chi connectivity index (χ0n) is 18.7. The summed E-state index contributed by atoms with van der Waals surface area (Å²) in [5.41, 5.74) is 4.21. The molecule has 1 aliphatic rings. The van der Waals surface area contributed by atoms with Gasteiger partial charge in [0.05, 0.1) is 12.2 Å². The third-order valence-corrected chi connectivity index (χ3v) is 5.13. The molecule has 0 fully saturated rings. The van der Waals surface area contributed by atoms with Gasteiger partial charge in [-0.3, -0.25) is 14.5 Å². The summed E-state index contributed by atoms with van der Waals surface area (Å²) < 4.78 is 10.8. The van der Waals surface area contributed by atoms with Gasteiger partial charge in [0.2, 0.25) is 0 Å². The molecule has 2 aromatic rings. The molecule has 3 rings (SSSR count). The number of rotatable bonds is 10. The molecule has 0 saturated carbocycles. The molecule has 0 saturated heterocycles. The van der Waals surface area contributed by atoms with E-state index in [0.717, 1.165) is 23.1 Å². The van der Waals surface area contributed by atoms with Gasteiger partial charge in [0, 0.05) is 32.0 Å². The fourth-order valence-electron chi connectivity index (χ4n) is 3.63. The van der Waals surface area contributed by atoms with E-state index in [1.165, 1.54) is 4.90 Å². The van der Waals surface area contributed by atoms with Crippen molar-refractivity contribution in [2.75, 3.05) is 32.2 Å². The zero-order valence-corrected chi connectivity index (χ0v) is 18.7. The van der Waals surface area contributed by atoms with E-state index in [4.69, 9.17) is 9.47 Å². The molecular weight excluding hydrogens is 392 g/mol. The van der Waals surface area contributed by atoms with Crippen LogP contribution in [0.3, 0.4) is 0 Å². The Labute approximate surface area is 183 Å². The molecule has 1 heterocycles. The van der Waals surface area contributed by atoms with Crippen molar-refractivity contribution < 1.29 is 19.1 Å². The number of aryl methyl sites for hydroxylation is 2. The Balaban J connectivity index is 1.99. The highest BCUT2D eigenvalue weighted by molar-refractivity contribution is 6.36. The topological polar surface area (TPSA) is 67.9 Å². The summed E-state index contributed by atoms with van der Waals surface area (Å²) in [5, 5.41) is 3.21. The van der Waals surface area contributed by atoms with Crippen molar-refractivity contribution in [3.8, 4) is 5.75 Å². The van der Waals surface area contributed by atoms with Gasteiger partial charge in [-0.15, -0.1) is 0 Å². The lowest BCUT2D eigenvalue weighted by molar-refractivity contribution is -0.137. The van der Waals surface area contributed by atoms with Crippen LogP contribution in [-0.2, 0) is 14.3 Å². The molecule has 6 nitrogen and oxygen atoms in total. The second kappa shape index (κ2) is 10.3. The predicted octanol–water partition coefficient (Wildman–Crippen LogP) is 4.32. The first-order valence-corrected chi connectivity index (χ1v) is 10.6. The average Bonchev–Trinajstić information content (AvgIpc) is 2.97. The van der Waals surface area contributed by atoms with Crippen molar-refractivity contribution in [1.29, 1.82) is 0 Å². The molecule has 2 amide bonds. The molecule has 0 bridgehead atoms. The maximum absolute atomic E-state index is 13.3. The van der Waals surface area contributed by atoms with E-state index in [9.17, 15) is 9.59 Å². The Bertz CT molecular complexity index is 997. The molecule has 164 valence electrons. The quantitative estimate of drug-likeness (QED) is 0.456. The lowest BCUT2D eigenvalue weighted by Crippen LogP contribution is -2.34. The second-order valence-corrected chi connectivity index (χ2v) is 7.68. The van der Waals surface area contributed by atoms with Crippen LogP contribution in [0.5, 0.6) is 5.75 Å². The minimum atomic E-state index is -0.323. The molecule has 31 heavy (non-hydrogen) atoms. The highest BCUT2D eigenvalue weighted by atomic mass is 16.5. The van der Waals surface area contributed by atoms with Gasteiger partial charge in [-0.2, -0.15) is 0 Å². The van der Waals surface area contributed by atoms with E-state index < -0.39 is 0 Å². The molecule has 0 aromatic heterocycles. The number of anilines is 1. The maximum Gasteiger partial charge on any atom is 0.278 e. The van der Waals surface area contributed by atoms with Gasteiger partial charge < -0.3 is 14.8 Å². The summed E-state index contributed by atoms with van der Waals surface area (Å²) in [5.74, 6) is 0.110. The Morgan fingerprint density at radius 3 is 2.52 bits per heavy atom. The molecule has 0 atom stereocenters. The smallest absolute Gasteiger partial charge is 0.278 e. The summed E-state index contributed by atoms with van der Waals surface area (Å²) in [6.07, 6.45) is 1.49. The van der Waals surface area contributed by atoms with Gasteiger partial charge in [-0.05, 0) is 49.9 Å². The number of methoxy groups -OCH3 is 1. The van der Waals surface area contributed by atoms with Crippen molar-refractivity contribution >= 4 is 23.1 Å². The van der Waals surface area contributed by atoms with Crippen LogP contribution >= 0.6 is 0 Å². The van der Waals surface area contributed by atoms with Gasteiger partial charge in [0.15, 0.2) is 0 Å². The fraction of sp³-hybridized carbons (Fsp3) is 0.360. The molecule has 2 aromatic carbocycles. The molecule has 0 spiro atoms. The lowest BCUT2D eigenvalue weighted by atomic mass is 9.97. The van der Waals surface area contributed by atoms with Crippen LogP contribution in [0.15, 0.2) is 48.2 Å². The molecule has 6 heteroatoms. The van der Waals surface area contributed by atoms with E-state index >= 15 is 0 Å². The van der Waals surface area contributed by atoms with E-state index in [-0.39, 0.29) is 11.8 Å². The molecular formula is C25H30N2O4. The number of hydrogen-bond acceptors (Lipinski definition) is 5. The summed E-state index contributed by atoms with van der Waals surface area (Å²) in [6, 6.07) is 13.3. The number of carbonyl (C=O) groups is 2. The normalized spacial score (nSPS) is 13.9. The van der Waals surface area contributed by atoms with Crippen LogP contribution in [0.25, 0.3) is 5.57 Å². The van der Waals surface area contributed by atoms with E-state index in [0.29, 0.717) is 48.9 Å². The third kappa shape index (κ3) is 5.14. The number of carbonyl (C=O) groups excluding carboxylic acids is 2. The van der Waals surface area contributed by atoms with Gasteiger partial charge in [-0.25, -0.2) is 0 Å². The van der Waals surface area contributed by atoms with Crippen LogP contribution in [0.4, 0.5) is 5.69 Å². The molecule has 0 aliphatic carbocycles.